The number of rotatable bonds is 7. The van der Waals surface area contributed by atoms with Crippen LogP contribution in [0.2, 0.25) is 0 Å². The molecule has 1 rings (SSSR count). The molecule has 0 amide bonds. The van der Waals surface area contributed by atoms with Crippen molar-refractivity contribution in [2.75, 3.05) is 54.1 Å². The molecule has 1 N–H and O–H groups in total. The largest absolute Gasteiger partial charge is 0.378 e. The predicted molar refractivity (Wildman–Crippen MR) is 61.2 cm³/mol. The Balaban J connectivity index is 2.07. The maximum Gasteiger partial charge on any atom is 0.106 e. The maximum atomic E-state index is 5.53. The summed E-state index contributed by atoms with van der Waals surface area (Å²) in [5, 5.41) is 3.44. The van der Waals surface area contributed by atoms with E-state index in [0.29, 0.717) is 0 Å². The van der Waals surface area contributed by atoms with Crippen molar-refractivity contribution in [1.82, 2.24) is 10.2 Å². The monoisotopic (exact) mass is 216 g/mol. The topological polar surface area (TPSA) is 33.7 Å². The van der Waals surface area contributed by atoms with Crippen LogP contribution < -0.4 is 5.32 Å². The minimum atomic E-state index is -0.0713. The van der Waals surface area contributed by atoms with Gasteiger partial charge in [-0.25, -0.2) is 0 Å². The zero-order valence-electron chi connectivity index (χ0n) is 10.2. The summed E-state index contributed by atoms with van der Waals surface area (Å²) in [6, 6.07) is 0. The standard InChI is InChI=1S/C11H24N2O2/c1-13(2)7-4-6-12-9-11(14-3)5-8-15-10-11/h12H,4-10H2,1-3H3. The molecule has 1 aliphatic rings. The van der Waals surface area contributed by atoms with E-state index >= 15 is 0 Å². The zero-order chi connectivity index (χ0) is 11.1. The average Bonchev–Trinajstić information content (AvgIpc) is 2.66. The Labute approximate surface area is 92.9 Å². The fourth-order valence-electron chi connectivity index (χ4n) is 1.80. The number of hydrogen-bond donors (Lipinski definition) is 1. The van der Waals surface area contributed by atoms with E-state index in [4.69, 9.17) is 9.47 Å². The van der Waals surface area contributed by atoms with Gasteiger partial charge in [0.15, 0.2) is 0 Å². The lowest BCUT2D eigenvalue weighted by Gasteiger charge is -2.26. The third kappa shape index (κ3) is 4.47. The van der Waals surface area contributed by atoms with E-state index in [1.807, 2.05) is 0 Å². The van der Waals surface area contributed by atoms with Crippen molar-refractivity contribution in [2.45, 2.75) is 18.4 Å². The van der Waals surface area contributed by atoms with Crippen LogP contribution in [-0.2, 0) is 9.47 Å². The van der Waals surface area contributed by atoms with Crippen molar-refractivity contribution in [3.8, 4) is 0 Å². The molecule has 1 atom stereocenters. The Morgan fingerprint density at radius 1 is 1.47 bits per heavy atom. The lowest BCUT2D eigenvalue weighted by atomic mass is 10.0. The van der Waals surface area contributed by atoms with Crippen molar-refractivity contribution in [3.05, 3.63) is 0 Å². The summed E-state index contributed by atoms with van der Waals surface area (Å²) in [5.41, 5.74) is -0.0713. The van der Waals surface area contributed by atoms with Gasteiger partial charge in [-0.1, -0.05) is 0 Å². The summed E-state index contributed by atoms with van der Waals surface area (Å²) in [6.07, 6.45) is 2.18. The fraction of sp³-hybridized carbons (Fsp3) is 1.00. The third-order valence-corrected chi connectivity index (χ3v) is 2.91. The normalized spacial score (nSPS) is 26.4. The van der Waals surface area contributed by atoms with Gasteiger partial charge < -0.3 is 19.7 Å². The van der Waals surface area contributed by atoms with Gasteiger partial charge in [0.25, 0.3) is 0 Å². The van der Waals surface area contributed by atoms with Crippen LogP contribution in [0, 0.1) is 0 Å². The SMILES string of the molecule is COC1(CNCCCN(C)C)CCOC1. The Morgan fingerprint density at radius 3 is 2.80 bits per heavy atom. The molecule has 0 aromatic carbocycles. The molecule has 15 heavy (non-hydrogen) atoms. The Bertz CT molecular complexity index is 168. The van der Waals surface area contributed by atoms with E-state index in [2.05, 4.69) is 24.3 Å². The van der Waals surface area contributed by atoms with Crippen LogP contribution in [0.25, 0.3) is 0 Å². The molecule has 0 bridgehead atoms. The molecular weight excluding hydrogens is 192 g/mol. The van der Waals surface area contributed by atoms with Gasteiger partial charge in [0.1, 0.15) is 5.60 Å². The Hall–Kier alpha value is -0.160. The number of nitrogens with zero attached hydrogens (tertiary/aromatic N) is 1. The molecule has 4 nitrogen and oxygen atoms in total. The Morgan fingerprint density at radius 2 is 2.27 bits per heavy atom. The molecular formula is C11H24N2O2. The van der Waals surface area contributed by atoms with Crippen molar-refractivity contribution in [2.24, 2.45) is 0 Å². The van der Waals surface area contributed by atoms with Gasteiger partial charge in [-0.3, -0.25) is 0 Å². The minimum Gasteiger partial charge on any atom is -0.378 e. The molecule has 1 aliphatic heterocycles. The third-order valence-electron chi connectivity index (χ3n) is 2.91. The van der Waals surface area contributed by atoms with E-state index in [0.717, 1.165) is 39.3 Å². The van der Waals surface area contributed by atoms with Gasteiger partial charge >= 0.3 is 0 Å². The summed E-state index contributed by atoms with van der Waals surface area (Å²) < 4.78 is 10.9. The first-order valence-electron chi connectivity index (χ1n) is 5.67. The van der Waals surface area contributed by atoms with E-state index in [-0.39, 0.29) is 5.60 Å². The van der Waals surface area contributed by atoms with Gasteiger partial charge in [0, 0.05) is 26.7 Å². The predicted octanol–water partition coefficient (Wildman–Crippen LogP) is 0.333. The van der Waals surface area contributed by atoms with Gasteiger partial charge in [-0.05, 0) is 33.6 Å². The highest BCUT2D eigenvalue weighted by molar-refractivity contribution is 4.86. The van der Waals surface area contributed by atoms with Crippen molar-refractivity contribution in [3.63, 3.8) is 0 Å². The second-order valence-electron chi connectivity index (χ2n) is 4.52. The smallest absolute Gasteiger partial charge is 0.106 e. The van der Waals surface area contributed by atoms with Crippen LogP contribution in [0.4, 0.5) is 0 Å². The Kier molecular flexibility index (Phi) is 5.53. The van der Waals surface area contributed by atoms with Crippen LogP contribution in [-0.4, -0.2) is 64.6 Å². The molecule has 0 spiro atoms. The van der Waals surface area contributed by atoms with Crippen LogP contribution in [0.5, 0.6) is 0 Å². The molecule has 4 heteroatoms. The first-order valence-corrected chi connectivity index (χ1v) is 5.67. The maximum absolute atomic E-state index is 5.53. The molecule has 1 unspecified atom stereocenters. The minimum absolute atomic E-state index is 0.0713. The highest BCUT2D eigenvalue weighted by Crippen LogP contribution is 2.21. The number of nitrogens with one attached hydrogen (secondary N) is 1. The summed E-state index contributed by atoms with van der Waals surface area (Å²) >= 11 is 0. The summed E-state index contributed by atoms with van der Waals surface area (Å²) in [4.78, 5) is 2.20. The van der Waals surface area contributed by atoms with E-state index in [9.17, 15) is 0 Å². The number of ether oxygens (including phenoxy) is 2. The van der Waals surface area contributed by atoms with Crippen molar-refractivity contribution in [1.29, 1.82) is 0 Å². The first-order chi connectivity index (χ1) is 7.18. The van der Waals surface area contributed by atoms with Crippen molar-refractivity contribution >= 4 is 0 Å². The van der Waals surface area contributed by atoms with Gasteiger partial charge in [0.2, 0.25) is 0 Å². The zero-order valence-corrected chi connectivity index (χ0v) is 10.2. The highest BCUT2D eigenvalue weighted by Gasteiger charge is 2.34. The summed E-state index contributed by atoms with van der Waals surface area (Å²) in [5.74, 6) is 0. The summed E-state index contributed by atoms with van der Waals surface area (Å²) in [7, 11) is 5.97. The van der Waals surface area contributed by atoms with Crippen molar-refractivity contribution < 1.29 is 9.47 Å². The summed E-state index contributed by atoms with van der Waals surface area (Å²) in [6.45, 7) is 4.63. The molecule has 1 saturated heterocycles. The molecule has 0 radical (unpaired) electrons. The highest BCUT2D eigenvalue weighted by atomic mass is 16.5. The van der Waals surface area contributed by atoms with Crippen LogP contribution >= 0.6 is 0 Å². The number of hydrogen-bond acceptors (Lipinski definition) is 4. The molecule has 90 valence electrons. The van der Waals surface area contributed by atoms with Crippen LogP contribution in [0.15, 0.2) is 0 Å². The van der Waals surface area contributed by atoms with E-state index < -0.39 is 0 Å². The second kappa shape index (κ2) is 6.43. The molecule has 1 heterocycles. The van der Waals surface area contributed by atoms with Gasteiger partial charge in [-0.15, -0.1) is 0 Å². The van der Waals surface area contributed by atoms with Gasteiger partial charge in [-0.2, -0.15) is 0 Å². The van der Waals surface area contributed by atoms with Crippen LogP contribution in [0.3, 0.4) is 0 Å². The first kappa shape index (κ1) is 12.9. The number of methoxy groups -OCH3 is 1. The van der Waals surface area contributed by atoms with Gasteiger partial charge in [0.05, 0.1) is 6.61 Å². The second-order valence-corrected chi connectivity index (χ2v) is 4.52. The molecule has 0 saturated carbocycles. The molecule has 0 aromatic rings. The quantitative estimate of drug-likeness (QED) is 0.622. The fourth-order valence-corrected chi connectivity index (χ4v) is 1.80. The molecule has 0 aromatic heterocycles. The van der Waals surface area contributed by atoms with E-state index in [1.165, 1.54) is 6.42 Å². The van der Waals surface area contributed by atoms with Crippen LogP contribution in [0.1, 0.15) is 12.8 Å². The average molecular weight is 216 g/mol. The lowest BCUT2D eigenvalue weighted by Crippen LogP contribution is -2.43. The lowest BCUT2D eigenvalue weighted by molar-refractivity contribution is -0.0156. The van der Waals surface area contributed by atoms with E-state index in [1.54, 1.807) is 7.11 Å². The molecule has 1 fully saturated rings. The molecule has 0 aliphatic carbocycles.